The molecule has 2 rings (SSSR count). The maximum Gasteiger partial charge on any atom is 0.328 e. The number of amides is 2. The first-order valence-corrected chi connectivity index (χ1v) is 6.59. The number of nitrogens with one attached hydrogen (secondary N) is 1. The van der Waals surface area contributed by atoms with E-state index in [1.54, 1.807) is 18.7 Å². The maximum atomic E-state index is 12.4. The topological polar surface area (TPSA) is 105 Å². The minimum Gasteiger partial charge on any atom is -0.480 e. The van der Waals surface area contributed by atoms with Crippen molar-refractivity contribution in [1.82, 2.24) is 20.0 Å². The second-order valence-electron chi connectivity index (χ2n) is 5.13. The van der Waals surface area contributed by atoms with E-state index >= 15 is 0 Å². The lowest BCUT2D eigenvalue weighted by molar-refractivity contribution is -0.153. The fourth-order valence-corrected chi connectivity index (χ4v) is 2.45. The summed E-state index contributed by atoms with van der Waals surface area (Å²) in [5, 5.41) is 15.8. The summed E-state index contributed by atoms with van der Waals surface area (Å²) in [6, 6.07) is -1.02. The Hall–Kier alpha value is -2.38. The lowest BCUT2D eigenvalue weighted by Gasteiger charge is -2.32. The van der Waals surface area contributed by atoms with Crippen LogP contribution in [0.4, 0.5) is 0 Å². The first-order valence-electron chi connectivity index (χ1n) is 6.59. The van der Waals surface area contributed by atoms with Gasteiger partial charge in [-0.2, -0.15) is 5.10 Å². The molecular formula is C13H18N4O4. The van der Waals surface area contributed by atoms with E-state index in [9.17, 15) is 14.4 Å². The number of carbonyl (C=O) groups excluding carboxylic acids is 2. The molecule has 1 aliphatic heterocycles. The first kappa shape index (κ1) is 15.0. The highest BCUT2D eigenvalue weighted by atomic mass is 16.4. The van der Waals surface area contributed by atoms with Gasteiger partial charge in [-0.25, -0.2) is 4.79 Å². The van der Waals surface area contributed by atoms with Crippen molar-refractivity contribution in [3.63, 3.8) is 0 Å². The lowest BCUT2D eigenvalue weighted by atomic mass is 10.1. The van der Waals surface area contributed by atoms with E-state index in [-0.39, 0.29) is 31.3 Å². The van der Waals surface area contributed by atoms with E-state index in [0.717, 1.165) is 21.9 Å². The standard InChI is InChI=1S/C13H18N4O4/c1-7-9(8(2)16(3)15-7)4-12(19)17-6-11(18)14-5-10(17)13(20)21/h10H,4-6H2,1-3H3,(H,14,18)(H,20,21). The molecule has 0 bridgehead atoms. The Kier molecular flexibility index (Phi) is 3.97. The summed E-state index contributed by atoms with van der Waals surface area (Å²) >= 11 is 0. The van der Waals surface area contributed by atoms with Crippen LogP contribution >= 0.6 is 0 Å². The number of carboxylic acid groups (broad SMARTS) is 1. The average Bonchev–Trinajstić information content (AvgIpc) is 2.64. The predicted octanol–water partition coefficient (Wildman–Crippen LogP) is -1.01. The van der Waals surface area contributed by atoms with Crippen LogP contribution in [0.1, 0.15) is 17.0 Å². The Bertz CT molecular complexity index is 608. The van der Waals surface area contributed by atoms with Crippen molar-refractivity contribution in [3.05, 3.63) is 17.0 Å². The third-order valence-corrected chi connectivity index (χ3v) is 3.78. The van der Waals surface area contributed by atoms with E-state index in [1.165, 1.54) is 0 Å². The number of aryl methyl sites for hydroxylation is 2. The average molecular weight is 294 g/mol. The molecule has 1 fully saturated rings. The number of rotatable bonds is 3. The van der Waals surface area contributed by atoms with Crippen molar-refractivity contribution < 1.29 is 19.5 Å². The number of aromatic nitrogens is 2. The number of carbonyl (C=O) groups is 3. The monoisotopic (exact) mass is 294 g/mol. The van der Waals surface area contributed by atoms with Gasteiger partial charge in [-0.3, -0.25) is 14.3 Å². The van der Waals surface area contributed by atoms with Gasteiger partial charge in [0.05, 0.1) is 12.1 Å². The van der Waals surface area contributed by atoms with Gasteiger partial charge in [0.25, 0.3) is 0 Å². The van der Waals surface area contributed by atoms with Crippen LogP contribution in [0.25, 0.3) is 0 Å². The van der Waals surface area contributed by atoms with Gasteiger partial charge in [-0.05, 0) is 13.8 Å². The largest absolute Gasteiger partial charge is 0.480 e. The zero-order valence-corrected chi connectivity index (χ0v) is 12.2. The number of hydrogen-bond donors (Lipinski definition) is 2. The molecule has 8 heteroatoms. The van der Waals surface area contributed by atoms with Gasteiger partial charge in [0.2, 0.25) is 11.8 Å². The fraction of sp³-hybridized carbons (Fsp3) is 0.538. The molecule has 1 atom stereocenters. The van der Waals surface area contributed by atoms with Crippen LogP contribution in [0, 0.1) is 13.8 Å². The molecule has 1 aromatic rings. The molecule has 1 unspecified atom stereocenters. The van der Waals surface area contributed by atoms with Gasteiger partial charge in [0.1, 0.15) is 12.6 Å². The van der Waals surface area contributed by atoms with Gasteiger partial charge in [-0.15, -0.1) is 0 Å². The summed E-state index contributed by atoms with van der Waals surface area (Å²) in [4.78, 5) is 36.1. The zero-order chi connectivity index (χ0) is 15.7. The summed E-state index contributed by atoms with van der Waals surface area (Å²) < 4.78 is 1.68. The molecule has 0 aliphatic carbocycles. The van der Waals surface area contributed by atoms with Gasteiger partial charge < -0.3 is 15.3 Å². The highest BCUT2D eigenvalue weighted by Crippen LogP contribution is 2.15. The fourth-order valence-electron chi connectivity index (χ4n) is 2.45. The number of nitrogens with zero attached hydrogens (tertiary/aromatic N) is 3. The number of piperazine rings is 1. The van der Waals surface area contributed by atoms with Crippen LogP contribution in [-0.4, -0.2) is 56.7 Å². The van der Waals surface area contributed by atoms with Crippen LogP contribution in [0.2, 0.25) is 0 Å². The molecule has 0 spiro atoms. The quantitative estimate of drug-likeness (QED) is 0.743. The van der Waals surface area contributed by atoms with Crippen LogP contribution in [0.5, 0.6) is 0 Å². The second kappa shape index (κ2) is 5.55. The summed E-state index contributed by atoms with van der Waals surface area (Å²) in [6.45, 7) is 3.35. The summed E-state index contributed by atoms with van der Waals surface area (Å²) in [7, 11) is 1.78. The van der Waals surface area contributed by atoms with Crippen LogP contribution < -0.4 is 5.32 Å². The molecule has 0 aromatic carbocycles. The van der Waals surface area contributed by atoms with Gasteiger partial charge in [0.15, 0.2) is 0 Å². The Balaban J connectivity index is 2.21. The van der Waals surface area contributed by atoms with Crippen LogP contribution in [0.15, 0.2) is 0 Å². The Morgan fingerprint density at radius 2 is 2.10 bits per heavy atom. The SMILES string of the molecule is Cc1nn(C)c(C)c1CC(=O)N1CC(=O)NCC1C(=O)O. The van der Waals surface area contributed by atoms with Crippen molar-refractivity contribution in [2.24, 2.45) is 7.05 Å². The summed E-state index contributed by atoms with van der Waals surface area (Å²) in [5.74, 6) is -1.85. The Morgan fingerprint density at radius 3 is 2.62 bits per heavy atom. The van der Waals surface area contributed by atoms with E-state index in [2.05, 4.69) is 10.4 Å². The zero-order valence-electron chi connectivity index (χ0n) is 12.2. The molecule has 2 heterocycles. The third-order valence-electron chi connectivity index (χ3n) is 3.78. The number of carboxylic acids is 1. The predicted molar refractivity (Wildman–Crippen MR) is 72.5 cm³/mol. The second-order valence-corrected chi connectivity index (χ2v) is 5.13. The maximum absolute atomic E-state index is 12.4. The molecule has 21 heavy (non-hydrogen) atoms. The van der Waals surface area contributed by atoms with Gasteiger partial charge in [0, 0.05) is 24.8 Å². The van der Waals surface area contributed by atoms with E-state index < -0.39 is 12.0 Å². The minimum absolute atomic E-state index is 0.0442. The molecule has 0 saturated carbocycles. The van der Waals surface area contributed by atoms with Crippen LogP contribution in [0.3, 0.4) is 0 Å². The van der Waals surface area contributed by atoms with Crippen molar-refractivity contribution >= 4 is 17.8 Å². The first-order chi connectivity index (χ1) is 9.81. The van der Waals surface area contributed by atoms with Crippen molar-refractivity contribution in [2.75, 3.05) is 13.1 Å². The van der Waals surface area contributed by atoms with Crippen LogP contribution in [-0.2, 0) is 27.9 Å². The van der Waals surface area contributed by atoms with E-state index in [1.807, 2.05) is 6.92 Å². The van der Waals surface area contributed by atoms with E-state index in [0.29, 0.717) is 0 Å². The number of hydrogen-bond acceptors (Lipinski definition) is 4. The van der Waals surface area contributed by atoms with Gasteiger partial charge >= 0.3 is 5.97 Å². The Labute approximate surface area is 121 Å². The minimum atomic E-state index is -1.12. The normalized spacial score (nSPS) is 18.5. The summed E-state index contributed by atoms with van der Waals surface area (Å²) in [5.41, 5.74) is 2.36. The number of aliphatic carboxylic acids is 1. The molecule has 2 N–H and O–H groups in total. The molecule has 1 saturated heterocycles. The molecule has 1 aliphatic rings. The molecule has 0 radical (unpaired) electrons. The smallest absolute Gasteiger partial charge is 0.328 e. The lowest BCUT2D eigenvalue weighted by Crippen LogP contribution is -2.59. The van der Waals surface area contributed by atoms with Crippen molar-refractivity contribution in [3.8, 4) is 0 Å². The highest BCUT2D eigenvalue weighted by Gasteiger charge is 2.35. The molecule has 1 aromatic heterocycles. The van der Waals surface area contributed by atoms with Crippen molar-refractivity contribution in [1.29, 1.82) is 0 Å². The van der Waals surface area contributed by atoms with Gasteiger partial charge in [-0.1, -0.05) is 0 Å². The molecular weight excluding hydrogens is 276 g/mol. The van der Waals surface area contributed by atoms with E-state index in [4.69, 9.17) is 5.11 Å². The highest BCUT2D eigenvalue weighted by molar-refractivity contribution is 5.92. The molecule has 114 valence electrons. The Morgan fingerprint density at radius 1 is 1.43 bits per heavy atom. The summed E-state index contributed by atoms with van der Waals surface area (Å²) in [6.07, 6.45) is 0.0442. The third kappa shape index (κ3) is 2.88. The molecule has 2 amide bonds. The molecule has 8 nitrogen and oxygen atoms in total. The van der Waals surface area contributed by atoms with Crippen molar-refractivity contribution in [2.45, 2.75) is 26.3 Å².